The van der Waals surface area contributed by atoms with E-state index in [1.807, 2.05) is 34.6 Å². The molecule has 4 aliphatic rings. The Kier molecular flexibility index (Phi) is 6.74. The molecule has 0 heterocycles. The normalized spacial score (nSPS) is 43.1. The Morgan fingerprint density at radius 1 is 1.11 bits per heavy atom. The summed E-state index contributed by atoms with van der Waals surface area (Å²) in [4.78, 5) is 38.1. The van der Waals surface area contributed by atoms with Gasteiger partial charge in [-0.3, -0.25) is 9.59 Å². The summed E-state index contributed by atoms with van der Waals surface area (Å²) in [6.45, 7) is 13.4. The van der Waals surface area contributed by atoms with Gasteiger partial charge in [0.05, 0.1) is 18.3 Å². The molecule has 0 bridgehead atoms. The van der Waals surface area contributed by atoms with Crippen molar-refractivity contribution in [1.82, 2.24) is 0 Å². The number of hydrogen-bond acceptors (Lipinski definition) is 6. The predicted molar refractivity (Wildman–Crippen MR) is 138 cm³/mol. The van der Waals surface area contributed by atoms with Gasteiger partial charge >= 0.3 is 5.97 Å². The van der Waals surface area contributed by atoms with E-state index in [-0.39, 0.29) is 41.3 Å². The van der Waals surface area contributed by atoms with Crippen LogP contribution in [0.1, 0.15) is 87.0 Å². The van der Waals surface area contributed by atoms with E-state index in [9.17, 15) is 29.7 Å². The van der Waals surface area contributed by atoms with Gasteiger partial charge in [-0.2, -0.15) is 0 Å². The van der Waals surface area contributed by atoms with Crippen LogP contribution in [-0.4, -0.2) is 56.3 Å². The average Bonchev–Trinajstić information content (AvgIpc) is 2.99. The molecule has 0 aromatic heterocycles. The van der Waals surface area contributed by atoms with Crippen LogP contribution < -0.4 is 0 Å². The SMILES string of the molecule is C/C(=C\[C@@H](O)C[C@@H](C)[C@H]1C[C@H](O)[C@@]2(C)C3=C(C(=O)C[C@]12C)[C@@]1(C)CCC(=O)C(C)(C)[C@@H]1C[C@H]3O)C(=O)O. The first kappa shape index (κ1) is 28.2. The number of carbonyl (C=O) groups is 3. The fourth-order valence-corrected chi connectivity index (χ4v) is 9.16. The standard InChI is InChI=1S/C30H44O7/c1-15(10-17(31)11-16(2)26(36)37)18-12-23(35)30(7)25-19(32)13-21-27(3,4)22(34)8-9-28(21,5)24(25)20(33)14-29(18,30)6/h11,15,17-19,21,23,31-32,35H,8-10,12-14H2,1-7H3,(H,36,37)/b16-11+/t15-,17+,18-,19-,21+,23+,28+,29-,30+/m1/s1. The van der Waals surface area contributed by atoms with Crippen LogP contribution in [0.25, 0.3) is 0 Å². The molecule has 2 fully saturated rings. The highest BCUT2D eigenvalue weighted by molar-refractivity contribution is 6.01. The Bertz CT molecular complexity index is 1090. The number of carboxylic acid groups (broad SMARTS) is 1. The molecular formula is C30H44O7. The monoisotopic (exact) mass is 516 g/mol. The van der Waals surface area contributed by atoms with Crippen molar-refractivity contribution in [2.75, 3.05) is 0 Å². The van der Waals surface area contributed by atoms with Crippen LogP contribution in [0.15, 0.2) is 22.8 Å². The summed E-state index contributed by atoms with van der Waals surface area (Å²) in [7, 11) is 0. The number of allylic oxidation sites excluding steroid dienone is 1. The van der Waals surface area contributed by atoms with Gasteiger partial charge in [0, 0.05) is 40.2 Å². The van der Waals surface area contributed by atoms with Crippen molar-refractivity contribution >= 4 is 17.5 Å². The molecule has 0 saturated heterocycles. The molecule has 4 N–H and O–H groups in total. The van der Waals surface area contributed by atoms with Crippen molar-refractivity contribution in [3.8, 4) is 0 Å². The number of carboxylic acids is 1. The summed E-state index contributed by atoms with van der Waals surface area (Å²) >= 11 is 0. The lowest BCUT2D eigenvalue weighted by Gasteiger charge is -2.61. The zero-order chi connectivity index (χ0) is 27.9. The third kappa shape index (κ3) is 3.82. The van der Waals surface area contributed by atoms with Gasteiger partial charge in [0.25, 0.3) is 0 Å². The number of ketones is 2. The van der Waals surface area contributed by atoms with Crippen LogP contribution in [-0.2, 0) is 14.4 Å². The fraction of sp³-hybridized carbons (Fsp3) is 0.767. The van der Waals surface area contributed by atoms with Crippen molar-refractivity contribution in [2.24, 2.45) is 39.4 Å². The average molecular weight is 517 g/mol. The van der Waals surface area contributed by atoms with Crippen LogP contribution >= 0.6 is 0 Å². The number of fused-ring (bicyclic) bond motifs is 4. The van der Waals surface area contributed by atoms with Crippen molar-refractivity contribution in [1.29, 1.82) is 0 Å². The molecule has 4 rings (SSSR count). The molecule has 0 unspecified atom stereocenters. The second kappa shape index (κ2) is 8.85. The zero-order valence-electron chi connectivity index (χ0n) is 23.3. The van der Waals surface area contributed by atoms with Gasteiger partial charge in [-0.1, -0.05) is 41.5 Å². The molecule has 0 radical (unpaired) electrons. The van der Waals surface area contributed by atoms with Gasteiger partial charge in [0.15, 0.2) is 5.78 Å². The lowest BCUT2D eigenvalue weighted by Crippen LogP contribution is -2.60. The van der Waals surface area contributed by atoms with Crippen LogP contribution in [0.5, 0.6) is 0 Å². The molecule has 0 aromatic rings. The van der Waals surface area contributed by atoms with Gasteiger partial charge in [-0.15, -0.1) is 0 Å². The lowest BCUT2D eigenvalue weighted by molar-refractivity contribution is -0.146. The topological polar surface area (TPSA) is 132 Å². The Morgan fingerprint density at radius 2 is 1.73 bits per heavy atom. The molecule has 9 atom stereocenters. The molecule has 7 nitrogen and oxygen atoms in total. The molecule has 0 spiro atoms. The molecule has 4 aliphatic carbocycles. The van der Waals surface area contributed by atoms with Crippen molar-refractivity contribution in [3.63, 3.8) is 0 Å². The molecule has 0 amide bonds. The number of aliphatic carboxylic acids is 1. The van der Waals surface area contributed by atoms with E-state index in [2.05, 4.69) is 6.92 Å². The number of carbonyl (C=O) groups excluding carboxylic acids is 2. The molecule has 206 valence electrons. The number of hydrogen-bond donors (Lipinski definition) is 4. The van der Waals surface area contributed by atoms with E-state index in [0.717, 1.165) is 0 Å². The Labute approximate surface area is 220 Å². The maximum Gasteiger partial charge on any atom is 0.331 e. The Hall–Kier alpha value is -1.83. The van der Waals surface area contributed by atoms with Crippen molar-refractivity contribution < 1.29 is 34.8 Å². The Morgan fingerprint density at radius 3 is 2.32 bits per heavy atom. The first-order chi connectivity index (χ1) is 16.9. The first-order valence-corrected chi connectivity index (χ1v) is 13.7. The summed E-state index contributed by atoms with van der Waals surface area (Å²) in [5.41, 5.74) is -1.26. The van der Waals surface area contributed by atoms with E-state index in [1.54, 1.807) is 0 Å². The summed E-state index contributed by atoms with van der Waals surface area (Å²) in [6.07, 6.45) is 1.04. The van der Waals surface area contributed by atoms with Crippen molar-refractivity contribution in [2.45, 2.75) is 105 Å². The van der Waals surface area contributed by atoms with Gasteiger partial charge in [-0.05, 0) is 67.4 Å². The number of aliphatic hydroxyl groups is 3. The number of Topliss-reactive ketones (excluding diaryl/α,β-unsaturated/α-hetero) is 2. The Balaban J connectivity index is 1.77. The maximum absolute atomic E-state index is 14.1. The summed E-state index contributed by atoms with van der Waals surface area (Å²) < 4.78 is 0. The zero-order valence-corrected chi connectivity index (χ0v) is 23.3. The van der Waals surface area contributed by atoms with Crippen LogP contribution in [0, 0.1) is 39.4 Å². The lowest BCUT2D eigenvalue weighted by atomic mass is 9.42. The van der Waals surface area contributed by atoms with Crippen molar-refractivity contribution in [3.05, 3.63) is 22.8 Å². The minimum Gasteiger partial charge on any atom is -0.478 e. The van der Waals surface area contributed by atoms with Gasteiger partial charge < -0.3 is 20.4 Å². The van der Waals surface area contributed by atoms with Gasteiger partial charge in [-0.25, -0.2) is 4.79 Å². The summed E-state index contributed by atoms with van der Waals surface area (Å²) in [5, 5.41) is 43.0. The molecular weight excluding hydrogens is 472 g/mol. The molecule has 0 aliphatic heterocycles. The second-order valence-corrected chi connectivity index (χ2v) is 13.7. The fourth-order valence-electron chi connectivity index (χ4n) is 9.16. The van der Waals surface area contributed by atoms with E-state index < -0.39 is 45.9 Å². The summed E-state index contributed by atoms with van der Waals surface area (Å²) in [5.74, 6) is -1.27. The van der Waals surface area contributed by atoms with Crippen LogP contribution in [0.3, 0.4) is 0 Å². The number of rotatable bonds is 5. The van der Waals surface area contributed by atoms with E-state index in [0.29, 0.717) is 43.3 Å². The first-order valence-electron chi connectivity index (χ1n) is 13.7. The maximum atomic E-state index is 14.1. The van der Waals surface area contributed by atoms with Crippen LogP contribution in [0.4, 0.5) is 0 Å². The minimum absolute atomic E-state index is 0.000148. The largest absolute Gasteiger partial charge is 0.478 e. The molecule has 2 saturated carbocycles. The highest BCUT2D eigenvalue weighted by Crippen LogP contribution is 2.71. The highest BCUT2D eigenvalue weighted by Gasteiger charge is 2.70. The number of aliphatic hydroxyl groups excluding tert-OH is 3. The molecule has 0 aromatic carbocycles. The predicted octanol–water partition coefficient (Wildman–Crippen LogP) is 3.84. The third-order valence-corrected chi connectivity index (χ3v) is 11.5. The van der Waals surface area contributed by atoms with E-state index in [4.69, 9.17) is 5.11 Å². The third-order valence-electron chi connectivity index (χ3n) is 11.5. The van der Waals surface area contributed by atoms with Gasteiger partial charge in [0.1, 0.15) is 5.78 Å². The quantitative estimate of drug-likeness (QED) is 0.408. The second-order valence-electron chi connectivity index (χ2n) is 13.7. The minimum atomic E-state index is -1.08. The molecule has 37 heavy (non-hydrogen) atoms. The molecule has 7 heteroatoms. The smallest absolute Gasteiger partial charge is 0.331 e. The van der Waals surface area contributed by atoms with E-state index >= 15 is 0 Å². The summed E-state index contributed by atoms with van der Waals surface area (Å²) in [6, 6.07) is 0. The van der Waals surface area contributed by atoms with E-state index in [1.165, 1.54) is 13.0 Å². The highest BCUT2D eigenvalue weighted by atomic mass is 16.4. The van der Waals surface area contributed by atoms with Gasteiger partial charge in [0.2, 0.25) is 0 Å². The van der Waals surface area contributed by atoms with Crippen LogP contribution in [0.2, 0.25) is 0 Å².